The molecular weight excluding hydrogens is 315 g/mol. The van der Waals surface area contributed by atoms with Crippen LogP contribution in [0.5, 0.6) is 0 Å². The van der Waals surface area contributed by atoms with Crippen molar-refractivity contribution in [3.05, 3.63) is 29.1 Å². The Hall–Kier alpha value is -2.44. The molecule has 0 radical (unpaired) electrons. The predicted molar refractivity (Wildman–Crippen MR) is 84.2 cm³/mol. The summed E-state index contributed by atoms with van der Waals surface area (Å²) in [6.45, 7) is 1.59. The summed E-state index contributed by atoms with van der Waals surface area (Å²) >= 11 is 0. The molecule has 0 saturated heterocycles. The van der Waals surface area contributed by atoms with Crippen LogP contribution in [0, 0.1) is 11.7 Å². The fraction of sp³-hybridized carbons (Fsp3) is 0.471. The smallest absolute Gasteiger partial charge is 0.308 e. The van der Waals surface area contributed by atoms with Crippen molar-refractivity contribution >= 4 is 23.5 Å². The molecule has 1 aromatic carbocycles. The Morgan fingerprint density at radius 3 is 2.71 bits per heavy atom. The number of halogens is 1. The molecule has 3 rings (SSSR count). The van der Waals surface area contributed by atoms with Gasteiger partial charge in [-0.25, -0.2) is 4.39 Å². The number of aryl methyl sites for hydroxylation is 1. The number of nitrogens with one attached hydrogen (secondary N) is 1. The number of carboxylic acids is 1. The van der Waals surface area contributed by atoms with Gasteiger partial charge in [-0.2, -0.15) is 0 Å². The third kappa shape index (κ3) is 3.25. The number of anilines is 1. The van der Waals surface area contributed by atoms with E-state index < -0.39 is 23.6 Å². The highest BCUT2D eigenvalue weighted by atomic mass is 19.1. The van der Waals surface area contributed by atoms with Crippen LogP contribution in [0.25, 0.3) is 0 Å². The molecule has 0 bridgehead atoms. The van der Waals surface area contributed by atoms with Crippen molar-refractivity contribution in [2.24, 2.45) is 5.92 Å². The normalized spacial score (nSPS) is 17.7. The van der Waals surface area contributed by atoms with Crippen LogP contribution in [0.3, 0.4) is 0 Å². The van der Waals surface area contributed by atoms with E-state index in [-0.39, 0.29) is 24.1 Å². The van der Waals surface area contributed by atoms with E-state index in [0.29, 0.717) is 18.5 Å². The van der Waals surface area contributed by atoms with Gasteiger partial charge in [0.25, 0.3) is 5.91 Å². The first-order valence-corrected chi connectivity index (χ1v) is 8.03. The molecule has 1 unspecified atom stereocenters. The highest BCUT2D eigenvalue weighted by molar-refractivity contribution is 5.98. The van der Waals surface area contributed by atoms with E-state index in [1.54, 1.807) is 0 Å². The summed E-state index contributed by atoms with van der Waals surface area (Å²) in [5.74, 6) is -3.05. The lowest BCUT2D eigenvalue weighted by Crippen LogP contribution is -2.39. The molecule has 24 heavy (non-hydrogen) atoms. The zero-order valence-electron chi connectivity index (χ0n) is 13.3. The van der Waals surface area contributed by atoms with E-state index in [2.05, 4.69) is 5.32 Å². The molecule has 0 spiro atoms. The van der Waals surface area contributed by atoms with Crippen molar-refractivity contribution in [2.75, 3.05) is 11.9 Å². The fourth-order valence-electron chi connectivity index (χ4n) is 2.88. The quantitative estimate of drug-likeness (QED) is 0.863. The molecule has 6 nitrogen and oxygen atoms in total. The van der Waals surface area contributed by atoms with Crippen LogP contribution < -0.4 is 5.32 Å². The number of hydrogen-bond donors (Lipinski definition) is 2. The zero-order valence-corrected chi connectivity index (χ0v) is 13.3. The maximum Gasteiger partial charge on any atom is 0.308 e. The van der Waals surface area contributed by atoms with Gasteiger partial charge < -0.3 is 15.3 Å². The van der Waals surface area contributed by atoms with Crippen molar-refractivity contribution in [3.63, 3.8) is 0 Å². The van der Waals surface area contributed by atoms with Crippen LogP contribution in [0.1, 0.15) is 42.1 Å². The SMILES string of the molecule is CC(CN(C(=O)c1cc2c(cc1F)NC(=O)CC2)C1CC1)C(=O)O. The summed E-state index contributed by atoms with van der Waals surface area (Å²) < 4.78 is 14.4. The van der Waals surface area contributed by atoms with Gasteiger partial charge in [-0.15, -0.1) is 0 Å². The number of rotatable bonds is 5. The standard InChI is InChI=1S/C17H19FN2O4/c1-9(17(23)24)8-20(11-3-4-11)16(22)12-6-10-2-5-15(21)19-14(10)7-13(12)18/h6-7,9,11H,2-5,8H2,1H3,(H,19,21)(H,23,24). The Morgan fingerprint density at radius 1 is 1.38 bits per heavy atom. The number of carboxylic acid groups (broad SMARTS) is 1. The highest BCUT2D eigenvalue weighted by Gasteiger charge is 2.36. The minimum atomic E-state index is -0.984. The van der Waals surface area contributed by atoms with Crippen molar-refractivity contribution in [3.8, 4) is 0 Å². The second-order valence-electron chi connectivity index (χ2n) is 6.47. The van der Waals surface area contributed by atoms with E-state index in [0.717, 1.165) is 18.4 Å². The van der Waals surface area contributed by atoms with Crippen LogP contribution in [-0.2, 0) is 16.0 Å². The Labute approximate surface area is 138 Å². The molecule has 7 heteroatoms. The number of amides is 2. The van der Waals surface area contributed by atoms with Crippen molar-refractivity contribution in [2.45, 2.75) is 38.6 Å². The molecule has 1 saturated carbocycles. The van der Waals surface area contributed by atoms with Gasteiger partial charge in [-0.1, -0.05) is 6.92 Å². The summed E-state index contributed by atoms with van der Waals surface area (Å²) in [5, 5.41) is 11.7. The monoisotopic (exact) mass is 334 g/mol. The number of fused-ring (bicyclic) bond motifs is 1. The minimum absolute atomic E-state index is 0.0190. The summed E-state index contributed by atoms with van der Waals surface area (Å²) in [6.07, 6.45) is 2.37. The van der Waals surface area contributed by atoms with Crippen LogP contribution in [0.15, 0.2) is 12.1 Å². The Kier molecular flexibility index (Phi) is 4.26. The van der Waals surface area contributed by atoms with Gasteiger partial charge in [0.2, 0.25) is 5.91 Å². The van der Waals surface area contributed by atoms with Gasteiger partial charge in [-0.05, 0) is 37.0 Å². The summed E-state index contributed by atoms with van der Waals surface area (Å²) in [5.41, 5.74) is 1.06. The van der Waals surface area contributed by atoms with Crippen LogP contribution in [-0.4, -0.2) is 40.4 Å². The molecule has 2 amide bonds. The number of hydrogen-bond acceptors (Lipinski definition) is 3. The zero-order chi connectivity index (χ0) is 17.4. The molecule has 1 aromatic rings. The largest absolute Gasteiger partial charge is 0.481 e. The fourth-order valence-corrected chi connectivity index (χ4v) is 2.88. The molecule has 2 N–H and O–H groups in total. The second kappa shape index (κ2) is 6.22. The first kappa shape index (κ1) is 16.4. The molecule has 128 valence electrons. The Morgan fingerprint density at radius 2 is 2.08 bits per heavy atom. The highest BCUT2D eigenvalue weighted by Crippen LogP contribution is 2.31. The van der Waals surface area contributed by atoms with E-state index >= 15 is 0 Å². The van der Waals surface area contributed by atoms with E-state index in [1.807, 2.05) is 0 Å². The lowest BCUT2D eigenvalue weighted by molar-refractivity contribution is -0.141. The predicted octanol–water partition coefficient (Wildman–Crippen LogP) is 2.04. The minimum Gasteiger partial charge on any atom is -0.481 e. The summed E-state index contributed by atoms with van der Waals surface area (Å²) in [4.78, 5) is 36.7. The molecule has 1 aliphatic heterocycles. The maximum absolute atomic E-state index is 14.4. The molecular formula is C17H19FN2O4. The number of benzene rings is 1. The number of carbonyl (C=O) groups is 3. The molecule has 1 heterocycles. The lowest BCUT2D eigenvalue weighted by atomic mass is 9.99. The second-order valence-corrected chi connectivity index (χ2v) is 6.47. The molecule has 1 fully saturated rings. The van der Waals surface area contributed by atoms with Crippen molar-refractivity contribution in [1.29, 1.82) is 0 Å². The van der Waals surface area contributed by atoms with Gasteiger partial charge in [0.15, 0.2) is 0 Å². The average Bonchev–Trinajstić information content (AvgIpc) is 3.35. The van der Waals surface area contributed by atoms with Crippen LogP contribution >= 0.6 is 0 Å². The number of nitrogens with zero attached hydrogens (tertiary/aromatic N) is 1. The van der Waals surface area contributed by atoms with Gasteiger partial charge >= 0.3 is 5.97 Å². The van der Waals surface area contributed by atoms with E-state index in [4.69, 9.17) is 5.11 Å². The number of carbonyl (C=O) groups excluding carboxylic acids is 2. The third-order valence-electron chi connectivity index (χ3n) is 4.46. The molecule has 2 aliphatic rings. The molecule has 0 aromatic heterocycles. The van der Waals surface area contributed by atoms with Crippen LogP contribution in [0.2, 0.25) is 0 Å². The first-order valence-electron chi connectivity index (χ1n) is 8.03. The third-order valence-corrected chi connectivity index (χ3v) is 4.46. The van der Waals surface area contributed by atoms with Gasteiger partial charge in [0.1, 0.15) is 5.82 Å². The maximum atomic E-state index is 14.4. The average molecular weight is 334 g/mol. The Bertz CT molecular complexity index is 715. The lowest BCUT2D eigenvalue weighted by Gasteiger charge is -2.25. The van der Waals surface area contributed by atoms with Gasteiger partial charge in [0.05, 0.1) is 11.5 Å². The summed E-state index contributed by atoms with van der Waals surface area (Å²) in [7, 11) is 0. The first-order chi connectivity index (χ1) is 11.4. The van der Waals surface area contributed by atoms with E-state index in [9.17, 15) is 18.8 Å². The van der Waals surface area contributed by atoms with Gasteiger partial charge in [-0.3, -0.25) is 14.4 Å². The van der Waals surface area contributed by atoms with Crippen molar-refractivity contribution in [1.82, 2.24) is 4.90 Å². The van der Waals surface area contributed by atoms with Gasteiger partial charge in [0, 0.05) is 24.7 Å². The number of aliphatic carboxylic acids is 1. The Balaban J connectivity index is 1.87. The van der Waals surface area contributed by atoms with Crippen LogP contribution in [0.4, 0.5) is 10.1 Å². The summed E-state index contributed by atoms with van der Waals surface area (Å²) in [6, 6.07) is 2.63. The topological polar surface area (TPSA) is 86.7 Å². The van der Waals surface area contributed by atoms with Crippen molar-refractivity contribution < 1.29 is 23.9 Å². The van der Waals surface area contributed by atoms with E-state index in [1.165, 1.54) is 24.0 Å². The molecule has 1 aliphatic carbocycles. The molecule has 1 atom stereocenters.